The van der Waals surface area contributed by atoms with Gasteiger partial charge in [0.2, 0.25) is 0 Å². The Morgan fingerprint density at radius 2 is 1.95 bits per heavy atom. The fourth-order valence-corrected chi connectivity index (χ4v) is 2.59. The van der Waals surface area contributed by atoms with Gasteiger partial charge in [-0.1, -0.05) is 53.4 Å². The highest BCUT2D eigenvalue weighted by molar-refractivity contribution is 6.52. The fraction of sp³-hybridized carbons (Fsp3) is 0.812. The van der Waals surface area contributed by atoms with Gasteiger partial charge in [0.25, 0.3) is 0 Å². The van der Waals surface area contributed by atoms with Crippen molar-refractivity contribution < 1.29 is 14.2 Å². The average Bonchev–Trinajstić information content (AvgIpc) is 2.83. The van der Waals surface area contributed by atoms with E-state index in [4.69, 9.17) is 9.39 Å². The molecule has 1 saturated heterocycles. The molecule has 1 heterocycles. The molecule has 120 valence electrons. The van der Waals surface area contributed by atoms with Gasteiger partial charge in [0.05, 0.1) is 6.04 Å². The van der Waals surface area contributed by atoms with Crippen molar-refractivity contribution in [2.24, 2.45) is 5.92 Å². The van der Waals surface area contributed by atoms with Gasteiger partial charge in [0, 0.05) is 0 Å². The Bertz CT molecular complexity index is 338. The van der Waals surface area contributed by atoms with E-state index in [1.165, 1.54) is 0 Å². The Kier molecular flexibility index (Phi) is 7.69. The number of amides is 1. The topological polar surface area (TPSA) is 38.8 Å². The maximum absolute atomic E-state index is 11.9. The Balaban J connectivity index is 2.63. The highest BCUT2D eigenvalue weighted by atomic mass is 16.6. The van der Waals surface area contributed by atoms with E-state index in [0.29, 0.717) is 18.4 Å². The molecule has 0 bridgehead atoms. The molecule has 5 heteroatoms. The molecule has 1 fully saturated rings. The Hall–Kier alpha value is -1.13. The van der Waals surface area contributed by atoms with Crippen molar-refractivity contribution in [2.45, 2.75) is 72.1 Å². The molecular formula is C16H30BNO3. The van der Waals surface area contributed by atoms with Gasteiger partial charge in [-0.3, -0.25) is 0 Å². The van der Waals surface area contributed by atoms with Gasteiger partial charge >= 0.3 is 13.0 Å². The van der Waals surface area contributed by atoms with Gasteiger partial charge in [-0.15, -0.1) is 0 Å². The monoisotopic (exact) mass is 295 g/mol. The second-order valence-corrected chi connectivity index (χ2v) is 6.18. The number of unbranched alkanes of at least 4 members (excludes halogenated alkanes) is 2. The normalized spacial score (nSPS) is 18.0. The van der Waals surface area contributed by atoms with E-state index in [9.17, 15) is 4.79 Å². The van der Waals surface area contributed by atoms with Crippen LogP contribution in [-0.2, 0) is 9.39 Å². The first-order valence-electron chi connectivity index (χ1n) is 8.32. The molecule has 0 aromatic heterocycles. The van der Waals surface area contributed by atoms with Crippen molar-refractivity contribution in [1.29, 1.82) is 0 Å². The van der Waals surface area contributed by atoms with Crippen LogP contribution in [0.4, 0.5) is 4.79 Å². The van der Waals surface area contributed by atoms with Crippen molar-refractivity contribution in [3.8, 4) is 0 Å². The van der Waals surface area contributed by atoms with Gasteiger partial charge in [-0.2, -0.15) is 0 Å². The predicted octanol–water partition coefficient (Wildman–Crippen LogP) is 4.54. The van der Waals surface area contributed by atoms with Crippen molar-refractivity contribution >= 4 is 13.0 Å². The number of hydrogen-bond donors (Lipinski definition) is 0. The quantitative estimate of drug-likeness (QED) is 0.438. The molecular weight excluding hydrogens is 265 g/mol. The molecule has 0 spiro atoms. The molecule has 0 aromatic carbocycles. The Labute approximate surface area is 130 Å². The van der Waals surface area contributed by atoms with E-state index in [2.05, 4.69) is 34.3 Å². The zero-order chi connectivity index (χ0) is 15.8. The SMILES string of the molecule is C=C(OB(CCCC)CCCC)N1C(=O)OC[C@@H]1C(C)C. The van der Waals surface area contributed by atoms with E-state index in [0.717, 1.165) is 38.3 Å². The van der Waals surface area contributed by atoms with Gasteiger partial charge in [0.1, 0.15) is 6.61 Å². The summed E-state index contributed by atoms with van der Waals surface area (Å²) in [4.78, 5) is 13.5. The smallest absolute Gasteiger partial charge is 0.417 e. The zero-order valence-electron chi connectivity index (χ0n) is 14.1. The molecule has 1 atom stereocenters. The highest BCUT2D eigenvalue weighted by Crippen LogP contribution is 2.25. The first-order chi connectivity index (χ1) is 10.0. The van der Waals surface area contributed by atoms with Crippen LogP contribution in [0.2, 0.25) is 12.6 Å². The van der Waals surface area contributed by atoms with Crippen molar-refractivity contribution in [2.75, 3.05) is 6.61 Å². The standard InChI is InChI=1S/C16H30BNO3/c1-6-8-10-17(11-9-7-2)21-14(5)18-15(13(3)4)12-20-16(18)19/h13,15H,5-12H2,1-4H3/t15-/m1/s1. The zero-order valence-corrected chi connectivity index (χ0v) is 14.1. The lowest BCUT2D eigenvalue weighted by atomic mass is 9.59. The van der Waals surface area contributed by atoms with E-state index >= 15 is 0 Å². The van der Waals surface area contributed by atoms with Crippen LogP contribution in [0.25, 0.3) is 0 Å². The summed E-state index contributed by atoms with van der Waals surface area (Å²) in [6, 6.07) is 0.0306. The molecule has 1 rings (SSSR count). The molecule has 1 amide bonds. The minimum Gasteiger partial charge on any atom is -0.549 e. The van der Waals surface area contributed by atoms with Crippen molar-refractivity contribution in [3.63, 3.8) is 0 Å². The van der Waals surface area contributed by atoms with E-state index in [1.807, 2.05) is 0 Å². The summed E-state index contributed by atoms with van der Waals surface area (Å²) in [5, 5.41) is 0. The lowest BCUT2D eigenvalue weighted by Crippen LogP contribution is -2.38. The number of carbonyl (C=O) groups excluding carboxylic acids is 1. The van der Waals surface area contributed by atoms with Gasteiger partial charge in [-0.05, 0) is 25.1 Å². The minimum absolute atomic E-state index is 0.0306. The third-order valence-electron chi connectivity index (χ3n) is 4.01. The molecule has 1 aliphatic heterocycles. The van der Waals surface area contributed by atoms with E-state index in [-0.39, 0.29) is 19.1 Å². The minimum atomic E-state index is -0.330. The number of ether oxygens (including phenoxy) is 1. The summed E-state index contributed by atoms with van der Waals surface area (Å²) in [5.41, 5.74) is 0. The van der Waals surface area contributed by atoms with Crippen LogP contribution in [0.3, 0.4) is 0 Å². The summed E-state index contributed by atoms with van der Waals surface area (Å²) in [6.07, 6.45) is 6.29. The van der Waals surface area contributed by atoms with Crippen molar-refractivity contribution in [1.82, 2.24) is 4.90 Å². The average molecular weight is 295 g/mol. The van der Waals surface area contributed by atoms with Crippen LogP contribution in [0.1, 0.15) is 53.4 Å². The van der Waals surface area contributed by atoms with E-state index < -0.39 is 0 Å². The Morgan fingerprint density at radius 3 is 2.43 bits per heavy atom. The maximum Gasteiger partial charge on any atom is 0.417 e. The summed E-state index contributed by atoms with van der Waals surface area (Å²) in [7, 11) is 0. The number of carbonyl (C=O) groups is 1. The summed E-state index contributed by atoms with van der Waals surface area (Å²) in [5.74, 6) is 0.773. The van der Waals surface area contributed by atoms with E-state index in [1.54, 1.807) is 4.90 Å². The van der Waals surface area contributed by atoms with Crippen LogP contribution in [0, 0.1) is 5.92 Å². The maximum atomic E-state index is 11.9. The molecule has 0 unspecified atom stereocenters. The highest BCUT2D eigenvalue weighted by Gasteiger charge is 2.38. The molecule has 1 aliphatic rings. The molecule has 0 aliphatic carbocycles. The van der Waals surface area contributed by atoms with Crippen LogP contribution >= 0.6 is 0 Å². The van der Waals surface area contributed by atoms with Crippen molar-refractivity contribution in [3.05, 3.63) is 12.5 Å². The number of cyclic esters (lactones) is 1. The molecule has 0 aromatic rings. The van der Waals surface area contributed by atoms with Crippen LogP contribution in [0.5, 0.6) is 0 Å². The second-order valence-electron chi connectivity index (χ2n) is 6.18. The lowest BCUT2D eigenvalue weighted by molar-refractivity contribution is 0.150. The Morgan fingerprint density at radius 1 is 1.38 bits per heavy atom. The third-order valence-corrected chi connectivity index (χ3v) is 4.01. The summed E-state index contributed by atoms with van der Waals surface area (Å²) < 4.78 is 11.2. The largest absolute Gasteiger partial charge is 0.549 e. The number of rotatable bonds is 10. The molecule has 0 saturated carbocycles. The molecule has 21 heavy (non-hydrogen) atoms. The summed E-state index contributed by atoms with van der Waals surface area (Å²) >= 11 is 0. The van der Waals surface area contributed by atoms with Gasteiger partial charge < -0.3 is 9.39 Å². The fourth-order valence-electron chi connectivity index (χ4n) is 2.59. The predicted molar refractivity (Wildman–Crippen MR) is 87.2 cm³/mol. The van der Waals surface area contributed by atoms with Crippen LogP contribution < -0.4 is 0 Å². The first kappa shape index (κ1) is 17.9. The number of nitrogens with zero attached hydrogens (tertiary/aromatic N) is 1. The first-order valence-corrected chi connectivity index (χ1v) is 8.32. The number of hydrogen-bond acceptors (Lipinski definition) is 3. The lowest BCUT2D eigenvalue weighted by Gasteiger charge is -2.28. The van der Waals surface area contributed by atoms with Gasteiger partial charge in [-0.25, -0.2) is 9.69 Å². The molecule has 4 nitrogen and oxygen atoms in total. The van der Waals surface area contributed by atoms with Crippen LogP contribution in [0.15, 0.2) is 12.5 Å². The second kappa shape index (κ2) is 9.01. The van der Waals surface area contributed by atoms with Crippen LogP contribution in [-0.4, -0.2) is 30.6 Å². The third kappa shape index (κ3) is 5.29. The summed E-state index contributed by atoms with van der Waals surface area (Å²) in [6.45, 7) is 13.1. The molecule has 0 radical (unpaired) electrons. The molecule has 0 N–H and O–H groups in total. The van der Waals surface area contributed by atoms with Gasteiger partial charge in [0.15, 0.2) is 5.88 Å².